The molecule has 1 aromatic heterocycles. The van der Waals surface area contributed by atoms with Gasteiger partial charge >= 0.3 is 0 Å². The van der Waals surface area contributed by atoms with E-state index in [0.717, 1.165) is 6.54 Å². The second kappa shape index (κ2) is 4.65. The Labute approximate surface area is 103 Å². The highest BCUT2D eigenvalue weighted by Gasteiger charge is 2.22. The summed E-state index contributed by atoms with van der Waals surface area (Å²) < 4.78 is 0. The largest absolute Gasteiger partial charge is 0.306 e. The lowest BCUT2D eigenvalue weighted by Gasteiger charge is -2.20. The van der Waals surface area contributed by atoms with E-state index < -0.39 is 0 Å². The molecule has 5 heteroatoms. The molecule has 2 aliphatic heterocycles. The van der Waals surface area contributed by atoms with Gasteiger partial charge in [-0.15, -0.1) is 11.3 Å². The number of hydrogen-bond acceptors (Lipinski definition) is 5. The third-order valence-electron chi connectivity index (χ3n) is 2.73. The van der Waals surface area contributed by atoms with Gasteiger partial charge in [0.1, 0.15) is 5.01 Å². The summed E-state index contributed by atoms with van der Waals surface area (Å²) in [5, 5.41) is 4.89. The van der Waals surface area contributed by atoms with Crippen molar-refractivity contribution in [3.8, 4) is 0 Å². The number of rotatable bonds is 1. The molecule has 1 unspecified atom stereocenters. The summed E-state index contributed by atoms with van der Waals surface area (Å²) in [4.78, 5) is 6.33. The Morgan fingerprint density at radius 3 is 3.07 bits per heavy atom. The third-order valence-corrected chi connectivity index (χ3v) is 6.17. The second-order valence-corrected chi connectivity index (χ2v) is 7.18. The van der Waals surface area contributed by atoms with Crippen LogP contribution in [0.2, 0.25) is 0 Å². The van der Waals surface area contributed by atoms with Crippen LogP contribution in [0, 0.1) is 0 Å². The molecule has 1 atom stereocenters. The SMILES string of the molecule is C1CSCC(c2nc3c(s2)CSCC3)N1. The van der Waals surface area contributed by atoms with Gasteiger partial charge in [-0.2, -0.15) is 23.5 Å². The maximum atomic E-state index is 4.80. The maximum Gasteiger partial charge on any atom is 0.111 e. The van der Waals surface area contributed by atoms with Crippen LogP contribution >= 0.6 is 34.9 Å². The van der Waals surface area contributed by atoms with Gasteiger partial charge in [0, 0.05) is 28.7 Å². The van der Waals surface area contributed by atoms with Crippen LogP contribution in [0.15, 0.2) is 0 Å². The molecule has 0 saturated carbocycles. The standard InChI is InChI=1S/C10H14N2S3/c1-3-13-6-9-7(1)12-10(15-9)8-5-14-4-2-11-8/h8,11H,1-6H2. The first-order valence-electron chi connectivity index (χ1n) is 5.31. The van der Waals surface area contributed by atoms with E-state index in [1.165, 1.54) is 45.0 Å². The molecular weight excluding hydrogens is 244 g/mol. The minimum atomic E-state index is 0.518. The molecule has 3 heterocycles. The predicted octanol–water partition coefficient (Wildman–Crippen LogP) is 2.31. The van der Waals surface area contributed by atoms with Crippen molar-refractivity contribution in [2.75, 3.05) is 23.8 Å². The van der Waals surface area contributed by atoms with Gasteiger partial charge < -0.3 is 5.32 Å². The molecule has 0 aliphatic carbocycles. The van der Waals surface area contributed by atoms with Crippen LogP contribution in [0.5, 0.6) is 0 Å². The van der Waals surface area contributed by atoms with Crippen molar-refractivity contribution >= 4 is 34.9 Å². The number of aromatic nitrogens is 1. The van der Waals surface area contributed by atoms with Crippen LogP contribution in [-0.4, -0.2) is 28.8 Å². The first-order valence-corrected chi connectivity index (χ1v) is 8.43. The summed E-state index contributed by atoms with van der Waals surface area (Å²) >= 11 is 6.02. The summed E-state index contributed by atoms with van der Waals surface area (Å²) in [6.07, 6.45) is 1.18. The number of nitrogens with zero attached hydrogens (tertiary/aromatic N) is 1. The molecule has 3 rings (SSSR count). The zero-order valence-corrected chi connectivity index (χ0v) is 10.9. The van der Waals surface area contributed by atoms with E-state index in [0.29, 0.717) is 6.04 Å². The van der Waals surface area contributed by atoms with E-state index in [1.54, 1.807) is 0 Å². The Hall–Kier alpha value is 0.290. The quantitative estimate of drug-likeness (QED) is 0.835. The minimum Gasteiger partial charge on any atom is -0.306 e. The van der Waals surface area contributed by atoms with E-state index >= 15 is 0 Å². The molecule has 82 valence electrons. The van der Waals surface area contributed by atoms with E-state index in [4.69, 9.17) is 4.98 Å². The fourth-order valence-electron chi connectivity index (χ4n) is 1.92. The molecule has 1 aromatic rings. The van der Waals surface area contributed by atoms with Gasteiger partial charge in [0.15, 0.2) is 0 Å². The number of thioether (sulfide) groups is 2. The molecule has 1 saturated heterocycles. The predicted molar refractivity (Wildman–Crippen MR) is 70.0 cm³/mol. The van der Waals surface area contributed by atoms with Gasteiger partial charge in [0.05, 0.1) is 11.7 Å². The Bertz CT molecular complexity index is 321. The summed E-state index contributed by atoms with van der Waals surface area (Å²) in [7, 11) is 0. The zero-order valence-electron chi connectivity index (χ0n) is 8.49. The lowest BCUT2D eigenvalue weighted by Crippen LogP contribution is -2.30. The Balaban J connectivity index is 1.82. The second-order valence-electron chi connectivity index (χ2n) is 3.81. The van der Waals surface area contributed by atoms with Gasteiger partial charge in [-0.05, 0) is 12.2 Å². The van der Waals surface area contributed by atoms with E-state index in [2.05, 4.69) is 5.32 Å². The number of nitrogens with one attached hydrogen (secondary N) is 1. The Kier molecular flexibility index (Phi) is 3.24. The smallest absolute Gasteiger partial charge is 0.111 e. The molecule has 0 spiro atoms. The molecule has 0 amide bonds. The Morgan fingerprint density at radius 2 is 2.27 bits per heavy atom. The number of hydrogen-bond donors (Lipinski definition) is 1. The highest BCUT2D eigenvalue weighted by molar-refractivity contribution is 7.99. The monoisotopic (exact) mass is 258 g/mol. The van der Waals surface area contributed by atoms with Crippen molar-refractivity contribution in [2.24, 2.45) is 0 Å². The molecule has 2 aliphatic rings. The Morgan fingerprint density at radius 1 is 1.27 bits per heavy atom. The average molecular weight is 258 g/mol. The van der Waals surface area contributed by atoms with E-state index in [-0.39, 0.29) is 0 Å². The van der Waals surface area contributed by atoms with Gasteiger partial charge in [-0.25, -0.2) is 4.98 Å². The van der Waals surface area contributed by atoms with Crippen LogP contribution in [-0.2, 0) is 12.2 Å². The summed E-state index contributed by atoms with van der Waals surface area (Å²) in [5.74, 6) is 4.88. The highest BCUT2D eigenvalue weighted by atomic mass is 32.2. The van der Waals surface area contributed by atoms with Crippen LogP contribution in [0.1, 0.15) is 21.6 Å². The topological polar surface area (TPSA) is 24.9 Å². The lowest BCUT2D eigenvalue weighted by atomic mass is 10.3. The van der Waals surface area contributed by atoms with Crippen molar-refractivity contribution < 1.29 is 0 Å². The van der Waals surface area contributed by atoms with Crippen LogP contribution in [0.4, 0.5) is 0 Å². The maximum absolute atomic E-state index is 4.80. The third kappa shape index (κ3) is 2.20. The highest BCUT2D eigenvalue weighted by Crippen LogP contribution is 2.33. The molecule has 1 fully saturated rings. The molecule has 0 aromatic carbocycles. The van der Waals surface area contributed by atoms with Crippen LogP contribution in [0.3, 0.4) is 0 Å². The first kappa shape index (κ1) is 10.4. The van der Waals surface area contributed by atoms with E-state index in [1.807, 2.05) is 34.9 Å². The number of aryl methyl sites for hydroxylation is 1. The van der Waals surface area contributed by atoms with Gasteiger partial charge in [-0.1, -0.05) is 0 Å². The fourth-order valence-corrected chi connectivity index (χ4v) is 5.27. The van der Waals surface area contributed by atoms with Gasteiger partial charge in [0.2, 0.25) is 0 Å². The molecule has 0 bridgehead atoms. The van der Waals surface area contributed by atoms with Crippen LogP contribution < -0.4 is 5.32 Å². The molecule has 2 nitrogen and oxygen atoms in total. The van der Waals surface area contributed by atoms with Crippen molar-refractivity contribution in [2.45, 2.75) is 18.2 Å². The minimum absolute atomic E-state index is 0.518. The lowest BCUT2D eigenvalue weighted by molar-refractivity contribution is 0.590. The number of fused-ring (bicyclic) bond motifs is 1. The summed E-state index contributed by atoms with van der Waals surface area (Å²) in [6, 6.07) is 0.518. The molecule has 1 N–H and O–H groups in total. The zero-order chi connectivity index (χ0) is 10.1. The van der Waals surface area contributed by atoms with Crippen molar-refractivity contribution in [3.05, 3.63) is 15.6 Å². The fraction of sp³-hybridized carbons (Fsp3) is 0.700. The molecular formula is C10H14N2S3. The summed E-state index contributed by atoms with van der Waals surface area (Å²) in [6.45, 7) is 1.13. The normalized spacial score (nSPS) is 26.3. The van der Waals surface area contributed by atoms with Gasteiger partial charge in [0.25, 0.3) is 0 Å². The molecule has 0 radical (unpaired) electrons. The van der Waals surface area contributed by atoms with Crippen LogP contribution in [0.25, 0.3) is 0 Å². The van der Waals surface area contributed by atoms with E-state index in [9.17, 15) is 0 Å². The van der Waals surface area contributed by atoms with Gasteiger partial charge in [-0.3, -0.25) is 0 Å². The number of thiazole rings is 1. The van der Waals surface area contributed by atoms with Crippen molar-refractivity contribution in [1.82, 2.24) is 10.3 Å². The summed E-state index contributed by atoms with van der Waals surface area (Å²) in [5.41, 5.74) is 1.38. The molecule has 15 heavy (non-hydrogen) atoms. The average Bonchev–Trinajstić information content (AvgIpc) is 2.74. The van der Waals surface area contributed by atoms with Crippen molar-refractivity contribution in [3.63, 3.8) is 0 Å². The first-order chi connectivity index (χ1) is 7.43. The van der Waals surface area contributed by atoms with Crippen molar-refractivity contribution in [1.29, 1.82) is 0 Å².